The average molecular weight is 143 g/mol. The second-order valence-corrected chi connectivity index (χ2v) is 2.45. The predicted octanol–water partition coefficient (Wildman–Crippen LogP) is 2.17. The lowest BCUT2D eigenvalue weighted by Gasteiger charge is -2.05. The second-order valence-electron chi connectivity index (χ2n) is 1.22. The smallest absolute Gasteiger partial charge is 0.130 e. The molecule has 0 aromatic heterocycles. The van der Waals surface area contributed by atoms with Gasteiger partial charge in [0.25, 0.3) is 0 Å². The molecule has 0 bridgehead atoms. The van der Waals surface area contributed by atoms with E-state index in [4.69, 9.17) is 27.9 Å². The first kappa shape index (κ1) is 7.54. The molecule has 0 aliphatic heterocycles. The number of hydrogen-bond donors (Lipinski definition) is 0. The molecule has 44 valence electrons. The summed E-state index contributed by atoms with van der Waals surface area (Å²) in [6.07, 6.45) is 0. The van der Waals surface area contributed by atoms with Crippen molar-refractivity contribution in [3.63, 3.8) is 0 Å². The standard InChI is InChI=1S/C4H8Cl2O/c1-3(5)7-4(2)6/h3-4H,1-2H3. The summed E-state index contributed by atoms with van der Waals surface area (Å²) in [5, 5.41) is 0. The Balaban J connectivity index is 2.95. The molecular weight excluding hydrogens is 135 g/mol. The van der Waals surface area contributed by atoms with Gasteiger partial charge in [0.05, 0.1) is 0 Å². The minimum Gasteiger partial charge on any atom is -0.344 e. The number of halogens is 2. The second kappa shape index (κ2) is 3.53. The topological polar surface area (TPSA) is 9.23 Å². The van der Waals surface area contributed by atoms with E-state index >= 15 is 0 Å². The lowest BCUT2D eigenvalue weighted by Crippen LogP contribution is -2.04. The van der Waals surface area contributed by atoms with Crippen molar-refractivity contribution in [3.8, 4) is 0 Å². The first-order chi connectivity index (χ1) is 3.13. The minimum absolute atomic E-state index is 0.285. The van der Waals surface area contributed by atoms with Gasteiger partial charge in [-0.2, -0.15) is 0 Å². The SMILES string of the molecule is CC(Cl)OC(C)Cl. The van der Waals surface area contributed by atoms with Gasteiger partial charge in [-0.3, -0.25) is 0 Å². The number of hydrogen-bond acceptors (Lipinski definition) is 1. The summed E-state index contributed by atoms with van der Waals surface area (Å²) < 4.78 is 4.78. The Kier molecular flexibility index (Phi) is 3.80. The molecule has 0 aliphatic carbocycles. The van der Waals surface area contributed by atoms with Crippen LogP contribution in [0.3, 0.4) is 0 Å². The first-order valence-corrected chi connectivity index (χ1v) is 2.94. The van der Waals surface area contributed by atoms with E-state index in [-0.39, 0.29) is 11.1 Å². The minimum atomic E-state index is -0.285. The van der Waals surface area contributed by atoms with Gasteiger partial charge in [-0.1, -0.05) is 23.2 Å². The van der Waals surface area contributed by atoms with Crippen LogP contribution in [-0.2, 0) is 4.74 Å². The van der Waals surface area contributed by atoms with Crippen molar-refractivity contribution in [3.05, 3.63) is 0 Å². The Labute approximate surface area is 53.6 Å². The van der Waals surface area contributed by atoms with Gasteiger partial charge in [0.1, 0.15) is 11.1 Å². The largest absolute Gasteiger partial charge is 0.344 e. The molecule has 0 aromatic rings. The molecule has 0 N–H and O–H groups in total. The van der Waals surface area contributed by atoms with Gasteiger partial charge in [-0.05, 0) is 13.8 Å². The van der Waals surface area contributed by atoms with Crippen LogP contribution in [0, 0.1) is 0 Å². The van der Waals surface area contributed by atoms with Gasteiger partial charge in [-0.15, -0.1) is 0 Å². The first-order valence-electron chi connectivity index (χ1n) is 2.06. The Hall–Kier alpha value is 0.540. The average Bonchev–Trinajstić information content (AvgIpc) is 1.27. The highest BCUT2D eigenvalue weighted by molar-refractivity contribution is 6.21. The molecule has 3 heteroatoms. The maximum absolute atomic E-state index is 5.37. The lowest BCUT2D eigenvalue weighted by atomic mass is 10.8. The summed E-state index contributed by atoms with van der Waals surface area (Å²) >= 11 is 10.7. The summed E-state index contributed by atoms with van der Waals surface area (Å²) in [5.74, 6) is 0. The van der Waals surface area contributed by atoms with Crippen LogP contribution in [0.25, 0.3) is 0 Å². The van der Waals surface area contributed by atoms with Gasteiger partial charge in [0, 0.05) is 0 Å². The van der Waals surface area contributed by atoms with E-state index in [1.807, 2.05) is 0 Å². The molecule has 0 radical (unpaired) electrons. The highest BCUT2D eigenvalue weighted by atomic mass is 35.5. The predicted molar refractivity (Wildman–Crippen MR) is 31.7 cm³/mol. The van der Waals surface area contributed by atoms with Crippen LogP contribution >= 0.6 is 23.2 Å². The van der Waals surface area contributed by atoms with Crippen molar-refractivity contribution < 1.29 is 4.74 Å². The molecule has 0 spiro atoms. The van der Waals surface area contributed by atoms with E-state index < -0.39 is 0 Å². The molecule has 0 amide bonds. The Morgan fingerprint density at radius 3 is 1.43 bits per heavy atom. The van der Waals surface area contributed by atoms with Gasteiger partial charge in [0.15, 0.2) is 0 Å². The van der Waals surface area contributed by atoms with Gasteiger partial charge >= 0.3 is 0 Å². The van der Waals surface area contributed by atoms with E-state index in [1.54, 1.807) is 13.8 Å². The number of alkyl halides is 2. The summed E-state index contributed by atoms with van der Waals surface area (Å²) in [5.41, 5.74) is -0.569. The Bertz CT molecular complexity index is 39.0. The highest BCUT2D eigenvalue weighted by Gasteiger charge is 1.98. The monoisotopic (exact) mass is 142 g/mol. The van der Waals surface area contributed by atoms with Crippen LogP contribution in [0.15, 0.2) is 0 Å². The van der Waals surface area contributed by atoms with Crippen LogP contribution in [0.5, 0.6) is 0 Å². The van der Waals surface area contributed by atoms with Crippen molar-refractivity contribution >= 4 is 23.2 Å². The van der Waals surface area contributed by atoms with Gasteiger partial charge in [0.2, 0.25) is 0 Å². The number of rotatable bonds is 2. The molecule has 2 unspecified atom stereocenters. The maximum atomic E-state index is 5.37. The zero-order valence-electron chi connectivity index (χ0n) is 4.32. The molecule has 0 fully saturated rings. The van der Waals surface area contributed by atoms with E-state index in [2.05, 4.69) is 0 Å². The maximum Gasteiger partial charge on any atom is 0.130 e. The molecule has 0 saturated carbocycles. The Morgan fingerprint density at radius 2 is 1.43 bits per heavy atom. The summed E-state index contributed by atoms with van der Waals surface area (Å²) in [7, 11) is 0. The summed E-state index contributed by atoms with van der Waals surface area (Å²) in [4.78, 5) is 0. The quantitative estimate of drug-likeness (QED) is 0.538. The third-order valence-corrected chi connectivity index (χ3v) is 0.581. The summed E-state index contributed by atoms with van der Waals surface area (Å²) in [6.45, 7) is 3.45. The Morgan fingerprint density at radius 1 is 1.14 bits per heavy atom. The lowest BCUT2D eigenvalue weighted by molar-refractivity contribution is 0.104. The normalized spacial score (nSPS) is 18.9. The fraction of sp³-hybridized carbons (Fsp3) is 1.00. The molecule has 0 aliphatic rings. The summed E-state index contributed by atoms with van der Waals surface area (Å²) in [6, 6.07) is 0. The highest BCUT2D eigenvalue weighted by Crippen LogP contribution is 2.03. The molecule has 0 heterocycles. The van der Waals surface area contributed by atoms with Crippen LogP contribution in [0.2, 0.25) is 0 Å². The van der Waals surface area contributed by atoms with Crippen molar-refractivity contribution in [2.75, 3.05) is 0 Å². The van der Waals surface area contributed by atoms with Crippen molar-refractivity contribution in [1.29, 1.82) is 0 Å². The van der Waals surface area contributed by atoms with Crippen LogP contribution in [-0.4, -0.2) is 11.1 Å². The molecular formula is C4H8Cl2O. The van der Waals surface area contributed by atoms with E-state index in [9.17, 15) is 0 Å². The van der Waals surface area contributed by atoms with E-state index in [0.29, 0.717) is 0 Å². The third-order valence-electron chi connectivity index (χ3n) is 0.375. The van der Waals surface area contributed by atoms with Gasteiger partial charge < -0.3 is 4.74 Å². The zero-order valence-corrected chi connectivity index (χ0v) is 5.83. The van der Waals surface area contributed by atoms with Crippen molar-refractivity contribution in [1.82, 2.24) is 0 Å². The van der Waals surface area contributed by atoms with Crippen LogP contribution < -0.4 is 0 Å². The molecule has 0 aromatic carbocycles. The van der Waals surface area contributed by atoms with E-state index in [1.165, 1.54) is 0 Å². The molecule has 2 atom stereocenters. The fourth-order valence-electron chi connectivity index (χ4n) is 0.258. The molecule has 7 heavy (non-hydrogen) atoms. The van der Waals surface area contributed by atoms with Crippen LogP contribution in [0.4, 0.5) is 0 Å². The number of ether oxygens (including phenoxy) is 1. The van der Waals surface area contributed by atoms with Gasteiger partial charge in [-0.25, -0.2) is 0 Å². The third kappa shape index (κ3) is 6.54. The molecule has 0 rings (SSSR count). The molecule has 0 saturated heterocycles. The van der Waals surface area contributed by atoms with Crippen molar-refractivity contribution in [2.45, 2.75) is 25.0 Å². The zero-order chi connectivity index (χ0) is 5.86. The fourth-order valence-corrected chi connectivity index (χ4v) is 0.620. The molecule has 1 nitrogen and oxygen atoms in total. The van der Waals surface area contributed by atoms with E-state index in [0.717, 1.165) is 0 Å². The van der Waals surface area contributed by atoms with Crippen molar-refractivity contribution in [2.24, 2.45) is 0 Å². The van der Waals surface area contributed by atoms with Crippen LogP contribution in [0.1, 0.15) is 13.8 Å².